The molecule has 0 N–H and O–H groups in total. The van der Waals surface area contributed by atoms with E-state index in [4.69, 9.17) is 37.9 Å². The first-order valence-electron chi connectivity index (χ1n) is 15.9. The third kappa shape index (κ3) is 5.25. The van der Waals surface area contributed by atoms with Crippen molar-refractivity contribution in [3.05, 3.63) is 47.5 Å². The van der Waals surface area contributed by atoms with E-state index in [-0.39, 0.29) is 35.2 Å². The van der Waals surface area contributed by atoms with Crippen LogP contribution in [0, 0.1) is 11.8 Å². The van der Waals surface area contributed by atoms with Crippen LogP contribution in [0.2, 0.25) is 0 Å². The summed E-state index contributed by atoms with van der Waals surface area (Å²) in [5.74, 6) is 5.01. The zero-order valence-corrected chi connectivity index (χ0v) is 24.1. The molecule has 8 heteroatoms. The van der Waals surface area contributed by atoms with Gasteiger partial charge < -0.3 is 37.9 Å². The molecule has 224 valence electrons. The second-order valence-corrected chi connectivity index (χ2v) is 13.9. The molecule has 4 saturated heterocycles. The lowest BCUT2D eigenvalue weighted by molar-refractivity contribution is -0.0302. The molecule has 0 radical (unpaired) electrons. The highest BCUT2D eigenvalue weighted by Gasteiger charge is 2.60. The zero-order chi connectivity index (χ0) is 27.7. The number of ether oxygens (including phenoxy) is 8. The van der Waals surface area contributed by atoms with E-state index in [0.717, 1.165) is 55.8 Å². The first kappa shape index (κ1) is 25.9. The second kappa shape index (κ2) is 10.0. The van der Waals surface area contributed by atoms with E-state index in [1.807, 2.05) is 0 Å². The summed E-state index contributed by atoms with van der Waals surface area (Å²) in [6, 6.07) is 13.1. The zero-order valence-electron chi connectivity index (χ0n) is 24.1. The maximum atomic E-state index is 6.51. The summed E-state index contributed by atoms with van der Waals surface area (Å²) in [6.07, 6.45) is 8.13. The molecule has 0 amide bonds. The average molecular weight is 577 g/mol. The molecule has 2 aromatic carbocycles. The van der Waals surface area contributed by atoms with Crippen LogP contribution in [0.5, 0.6) is 23.0 Å². The summed E-state index contributed by atoms with van der Waals surface area (Å²) in [7, 11) is 0. The lowest BCUT2D eigenvalue weighted by Crippen LogP contribution is -2.56. The van der Waals surface area contributed by atoms with Gasteiger partial charge in [-0.1, -0.05) is 12.1 Å². The molecule has 4 bridgehead atoms. The molecule has 8 nitrogen and oxygen atoms in total. The highest BCUT2D eigenvalue weighted by atomic mass is 16.6. The van der Waals surface area contributed by atoms with E-state index < -0.39 is 0 Å². The van der Waals surface area contributed by atoms with Gasteiger partial charge in [-0.15, -0.1) is 0 Å². The highest BCUT2D eigenvalue weighted by Crippen LogP contribution is 2.68. The van der Waals surface area contributed by atoms with Crippen molar-refractivity contribution in [3.63, 3.8) is 0 Å². The molecule has 10 rings (SSSR count). The smallest absolute Gasteiger partial charge is 0.126 e. The first-order chi connectivity index (χ1) is 20.6. The van der Waals surface area contributed by atoms with Crippen LogP contribution < -0.4 is 18.9 Å². The minimum Gasteiger partial charge on any atom is -0.491 e. The molecule has 0 spiro atoms. The average Bonchev–Trinajstić information content (AvgIpc) is 3.82. The molecule has 8 fully saturated rings. The molecular weight excluding hydrogens is 536 g/mol. The van der Waals surface area contributed by atoms with Crippen molar-refractivity contribution in [2.24, 2.45) is 11.8 Å². The quantitative estimate of drug-likeness (QED) is 0.302. The first-order valence-corrected chi connectivity index (χ1v) is 15.9. The van der Waals surface area contributed by atoms with Crippen LogP contribution in [-0.4, -0.2) is 77.3 Å². The summed E-state index contributed by atoms with van der Waals surface area (Å²) >= 11 is 0. The lowest BCUT2D eigenvalue weighted by Gasteiger charge is -2.63. The van der Waals surface area contributed by atoms with E-state index in [1.165, 1.54) is 43.2 Å². The monoisotopic (exact) mass is 576 g/mol. The van der Waals surface area contributed by atoms with Crippen LogP contribution in [0.4, 0.5) is 0 Å². The minimum absolute atomic E-state index is 0.0668. The van der Waals surface area contributed by atoms with E-state index in [9.17, 15) is 0 Å². The van der Waals surface area contributed by atoms with Gasteiger partial charge in [-0.2, -0.15) is 0 Å². The van der Waals surface area contributed by atoms with Crippen molar-refractivity contribution < 1.29 is 37.9 Å². The number of rotatable bonds is 14. The number of hydrogen-bond donors (Lipinski definition) is 0. The van der Waals surface area contributed by atoms with Crippen molar-refractivity contribution in [3.8, 4) is 23.0 Å². The summed E-state index contributed by atoms with van der Waals surface area (Å²) in [5, 5.41) is 0. The third-order valence-electron chi connectivity index (χ3n) is 10.4. The Bertz CT molecular complexity index is 1220. The third-order valence-corrected chi connectivity index (χ3v) is 10.4. The van der Waals surface area contributed by atoms with Gasteiger partial charge in [-0.05, 0) is 62.5 Å². The van der Waals surface area contributed by atoms with Gasteiger partial charge in [-0.3, -0.25) is 0 Å². The highest BCUT2D eigenvalue weighted by molar-refractivity contribution is 5.51. The van der Waals surface area contributed by atoms with Gasteiger partial charge in [-0.25, -0.2) is 0 Å². The van der Waals surface area contributed by atoms with Crippen LogP contribution in [-0.2, 0) is 29.8 Å². The van der Waals surface area contributed by atoms with Crippen molar-refractivity contribution in [2.75, 3.05) is 52.9 Å². The van der Waals surface area contributed by atoms with Gasteiger partial charge in [0.25, 0.3) is 0 Å². The van der Waals surface area contributed by atoms with Gasteiger partial charge in [0.15, 0.2) is 0 Å². The van der Waals surface area contributed by atoms with Gasteiger partial charge in [0.1, 0.15) is 73.8 Å². The number of epoxide rings is 4. The molecule has 8 aliphatic rings. The molecule has 4 saturated carbocycles. The van der Waals surface area contributed by atoms with Gasteiger partial charge >= 0.3 is 0 Å². The fourth-order valence-corrected chi connectivity index (χ4v) is 8.59. The summed E-state index contributed by atoms with van der Waals surface area (Å²) in [4.78, 5) is 0. The molecular formula is C34H40O8. The molecule has 42 heavy (non-hydrogen) atoms. The van der Waals surface area contributed by atoms with E-state index in [2.05, 4.69) is 36.4 Å². The van der Waals surface area contributed by atoms with Gasteiger partial charge in [0.05, 0.1) is 26.4 Å². The summed E-state index contributed by atoms with van der Waals surface area (Å²) in [5.41, 5.74) is 2.82. The van der Waals surface area contributed by atoms with E-state index in [1.54, 1.807) is 0 Å². The molecule has 0 aromatic heterocycles. The molecule has 2 aromatic rings. The van der Waals surface area contributed by atoms with Crippen LogP contribution in [0.3, 0.4) is 0 Å². The Kier molecular flexibility index (Phi) is 6.18. The van der Waals surface area contributed by atoms with Gasteiger partial charge in [0, 0.05) is 34.1 Å². The number of benzene rings is 2. The predicted molar refractivity (Wildman–Crippen MR) is 152 cm³/mol. The van der Waals surface area contributed by atoms with E-state index in [0.29, 0.717) is 38.3 Å². The Morgan fingerprint density at radius 1 is 0.548 bits per heavy atom. The van der Waals surface area contributed by atoms with Crippen LogP contribution in [0.15, 0.2) is 36.4 Å². The fourth-order valence-electron chi connectivity index (χ4n) is 8.59. The standard InChI is InChI=1S/C34H40O8/c1-3-29(31(41-18-27-16-39-27)6-23(1)35-12-25-14-37-25)33-8-21-5-22(9-33)11-34(10-21,20-33)30-4-2-24(36-13-26-15-38-26)7-32(30)42-19-28-17-40-28/h1-4,6-7,21-22,25-28H,5,8-20H2. The molecule has 4 unspecified atom stereocenters. The predicted octanol–water partition coefficient (Wildman–Crippen LogP) is 4.59. The molecule has 4 aliphatic carbocycles. The van der Waals surface area contributed by atoms with E-state index >= 15 is 0 Å². The van der Waals surface area contributed by atoms with Crippen LogP contribution in [0.1, 0.15) is 49.7 Å². The van der Waals surface area contributed by atoms with Crippen molar-refractivity contribution in [2.45, 2.75) is 73.8 Å². The maximum absolute atomic E-state index is 6.51. The van der Waals surface area contributed by atoms with Crippen molar-refractivity contribution >= 4 is 0 Å². The summed E-state index contributed by atoms with van der Waals surface area (Å²) in [6.45, 7) is 5.49. The van der Waals surface area contributed by atoms with Crippen LogP contribution >= 0.6 is 0 Å². The normalized spacial score (nSPS) is 38.2. The Balaban J connectivity index is 1.05. The van der Waals surface area contributed by atoms with Crippen molar-refractivity contribution in [1.82, 2.24) is 0 Å². The lowest BCUT2D eigenvalue weighted by atomic mass is 9.41. The molecule has 4 atom stereocenters. The SMILES string of the molecule is c1cc(C23CC4CC(C2)CC(c2ccc(OCC5CO5)cc2OCC2CO2)(C4)C3)c(OCC2CO2)cc1OCC1CO1. The Morgan fingerprint density at radius 3 is 1.31 bits per heavy atom. The topological polar surface area (TPSA) is 87.0 Å². The minimum atomic E-state index is 0.0668. The van der Waals surface area contributed by atoms with Crippen LogP contribution in [0.25, 0.3) is 0 Å². The maximum Gasteiger partial charge on any atom is 0.126 e. The molecule has 4 aliphatic heterocycles. The van der Waals surface area contributed by atoms with Gasteiger partial charge in [0.2, 0.25) is 0 Å². The Morgan fingerprint density at radius 2 is 0.929 bits per heavy atom. The Hall–Kier alpha value is -2.52. The fraction of sp³-hybridized carbons (Fsp3) is 0.647. The largest absolute Gasteiger partial charge is 0.491 e. The number of hydrogen-bond acceptors (Lipinski definition) is 8. The molecule has 4 heterocycles. The second-order valence-electron chi connectivity index (χ2n) is 13.9. The Labute approximate surface area is 246 Å². The van der Waals surface area contributed by atoms with Crippen molar-refractivity contribution in [1.29, 1.82) is 0 Å². The summed E-state index contributed by atoms with van der Waals surface area (Å²) < 4.78 is 46.9.